The van der Waals surface area contributed by atoms with Gasteiger partial charge >= 0.3 is 6.09 Å². The molecule has 0 saturated carbocycles. The molecule has 124 valence electrons. The number of ether oxygens (including phenoxy) is 1. The van der Waals surface area contributed by atoms with E-state index in [0.717, 1.165) is 44.7 Å². The Morgan fingerprint density at radius 1 is 1.45 bits per heavy atom. The molecule has 1 N–H and O–H groups in total. The summed E-state index contributed by atoms with van der Waals surface area (Å²) in [4.78, 5) is 14.2. The van der Waals surface area contributed by atoms with Crippen LogP contribution in [0.3, 0.4) is 0 Å². The van der Waals surface area contributed by atoms with Crippen molar-refractivity contribution >= 4 is 6.09 Å². The zero-order valence-electron chi connectivity index (χ0n) is 13.9. The summed E-state index contributed by atoms with van der Waals surface area (Å²) in [6.07, 6.45) is 5.64. The van der Waals surface area contributed by atoms with Gasteiger partial charge in [0.2, 0.25) is 0 Å². The predicted octanol–water partition coefficient (Wildman–Crippen LogP) is 3.20. The third-order valence-electron chi connectivity index (χ3n) is 3.76. The number of amides is 1. The van der Waals surface area contributed by atoms with Crippen molar-refractivity contribution in [3.05, 3.63) is 24.2 Å². The van der Waals surface area contributed by atoms with E-state index >= 15 is 0 Å². The fraction of sp³-hybridized carbons (Fsp3) is 0.706. The standard InChI is InChI=1S/C17H28N2O3/c1-17(2,3)22-16(20)19-11-5-4-7-14(19)13-18-10-9-15-8-6-12-21-15/h6,8,12,14,18H,4-5,7,9-11,13H2,1-3H3. The maximum absolute atomic E-state index is 12.3. The number of nitrogens with one attached hydrogen (secondary N) is 1. The van der Waals surface area contributed by atoms with Crippen LogP contribution in [-0.4, -0.2) is 42.3 Å². The number of carbonyl (C=O) groups excluding carboxylic acids is 1. The molecular weight excluding hydrogens is 280 g/mol. The molecule has 0 aromatic carbocycles. The molecule has 1 unspecified atom stereocenters. The van der Waals surface area contributed by atoms with E-state index in [2.05, 4.69) is 5.32 Å². The molecule has 22 heavy (non-hydrogen) atoms. The van der Waals surface area contributed by atoms with Gasteiger partial charge in [-0.05, 0) is 52.2 Å². The molecule has 0 aliphatic carbocycles. The monoisotopic (exact) mass is 308 g/mol. The lowest BCUT2D eigenvalue weighted by molar-refractivity contribution is 0.00998. The van der Waals surface area contributed by atoms with Crippen molar-refractivity contribution in [3.8, 4) is 0 Å². The Hall–Kier alpha value is -1.49. The van der Waals surface area contributed by atoms with Gasteiger partial charge in [-0.1, -0.05) is 0 Å². The zero-order valence-corrected chi connectivity index (χ0v) is 13.9. The largest absolute Gasteiger partial charge is 0.469 e. The molecule has 1 aromatic rings. The highest BCUT2D eigenvalue weighted by Crippen LogP contribution is 2.20. The van der Waals surface area contributed by atoms with E-state index in [1.807, 2.05) is 37.8 Å². The molecule has 1 atom stereocenters. The van der Waals surface area contributed by atoms with Crippen LogP contribution in [0.1, 0.15) is 45.8 Å². The first kappa shape index (κ1) is 16.9. The summed E-state index contributed by atoms with van der Waals surface area (Å²) >= 11 is 0. The molecule has 1 fully saturated rings. The topological polar surface area (TPSA) is 54.7 Å². The van der Waals surface area contributed by atoms with Gasteiger partial charge in [-0.3, -0.25) is 0 Å². The van der Waals surface area contributed by atoms with Crippen molar-refractivity contribution in [3.63, 3.8) is 0 Å². The van der Waals surface area contributed by atoms with E-state index in [1.54, 1.807) is 6.26 Å². The Bertz CT molecular complexity index is 451. The van der Waals surface area contributed by atoms with Gasteiger partial charge in [-0.15, -0.1) is 0 Å². The van der Waals surface area contributed by atoms with Crippen molar-refractivity contribution < 1.29 is 13.9 Å². The molecule has 0 radical (unpaired) electrons. The summed E-state index contributed by atoms with van der Waals surface area (Å²) in [6, 6.07) is 4.11. The van der Waals surface area contributed by atoms with E-state index < -0.39 is 5.60 Å². The second-order valence-electron chi connectivity index (χ2n) is 6.86. The second-order valence-corrected chi connectivity index (χ2v) is 6.86. The first-order valence-corrected chi connectivity index (χ1v) is 8.18. The number of nitrogens with zero attached hydrogens (tertiary/aromatic N) is 1. The SMILES string of the molecule is CC(C)(C)OC(=O)N1CCCCC1CNCCc1ccco1. The maximum Gasteiger partial charge on any atom is 0.410 e. The quantitative estimate of drug-likeness (QED) is 0.849. The Balaban J connectivity index is 1.77. The van der Waals surface area contributed by atoms with Crippen LogP contribution < -0.4 is 5.32 Å². The number of piperidine rings is 1. The van der Waals surface area contributed by atoms with E-state index in [1.165, 1.54) is 6.42 Å². The lowest BCUT2D eigenvalue weighted by Crippen LogP contribution is -2.50. The first-order valence-electron chi connectivity index (χ1n) is 8.18. The highest BCUT2D eigenvalue weighted by atomic mass is 16.6. The minimum absolute atomic E-state index is 0.190. The lowest BCUT2D eigenvalue weighted by atomic mass is 10.0. The minimum Gasteiger partial charge on any atom is -0.469 e. The van der Waals surface area contributed by atoms with Crippen molar-refractivity contribution in [1.29, 1.82) is 0 Å². The number of rotatable bonds is 5. The zero-order chi connectivity index (χ0) is 16.0. The molecule has 1 aliphatic heterocycles. The van der Waals surface area contributed by atoms with Gasteiger partial charge in [0, 0.05) is 32.1 Å². The molecule has 0 spiro atoms. The van der Waals surface area contributed by atoms with Crippen LogP contribution in [0.5, 0.6) is 0 Å². The maximum atomic E-state index is 12.3. The van der Waals surface area contributed by atoms with Gasteiger partial charge in [0.15, 0.2) is 0 Å². The normalized spacial score (nSPS) is 19.2. The van der Waals surface area contributed by atoms with Crippen LogP contribution in [0.25, 0.3) is 0 Å². The highest BCUT2D eigenvalue weighted by molar-refractivity contribution is 5.68. The molecule has 2 heterocycles. The third kappa shape index (κ3) is 5.37. The van der Waals surface area contributed by atoms with Gasteiger partial charge in [-0.25, -0.2) is 4.79 Å². The van der Waals surface area contributed by atoms with Crippen molar-refractivity contribution in [2.45, 2.75) is 58.1 Å². The van der Waals surface area contributed by atoms with Crippen molar-refractivity contribution in [2.24, 2.45) is 0 Å². The van der Waals surface area contributed by atoms with Gasteiger partial charge in [-0.2, -0.15) is 0 Å². The van der Waals surface area contributed by atoms with E-state index in [9.17, 15) is 4.79 Å². The number of furan rings is 1. The average molecular weight is 308 g/mol. The summed E-state index contributed by atoms with van der Waals surface area (Å²) in [6.45, 7) is 8.17. The van der Waals surface area contributed by atoms with Gasteiger partial charge in [0.1, 0.15) is 11.4 Å². The van der Waals surface area contributed by atoms with Gasteiger partial charge < -0.3 is 19.4 Å². The Morgan fingerprint density at radius 2 is 2.27 bits per heavy atom. The second kappa shape index (κ2) is 7.68. The van der Waals surface area contributed by atoms with Crippen molar-refractivity contribution in [1.82, 2.24) is 10.2 Å². The van der Waals surface area contributed by atoms with Crippen LogP contribution in [0.4, 0.5) is 4.79 Å². The van der Waals surface area contributed by atoms with E-state index in [-0.39, 0.29) is 12.1 Å². The summed E-state index contributed by atoms with van der Waals surface area (Å²) < 4.78 is 10.8. The molecule has 0 bridgehead atoms. The number of hydrogen-bond acceptors (Lipinski definition) is 4. The first-order chi connectivity index (χ1) is 10.5. The van der Waals surface area contributed by atoms with E-state index in [0.29, 0.717) is 0 Å². The number of likely N-dealkylation sites (tertiary alicyclic amines) is 1. The smallest absolute Gasteiger partial charge is 0.410 e. The summed E-state index contributed by atoms with van der Waals surface area (Å²) in [5, 5.41) is 3.43. The molecule has 5 nitrogen and oxygen atoms in total. The lowest BCUT2D eigenvalue weighted by Gasteiger charge is -2.36. The predicted molar refractivity (Wildman–Crippen MR) is 85.9 cm³/mol. The molecule has 2 rings (SSSR count). The summed E-state index contributed by atoms with van der Waals surface area (Å²) in [7, 11) is 0. The minimum atomic E-state index is -0.439. The number of hydrogen-bond donors (Lipinski definition) is 1. The summed E-state index contributed by atoms with van der Waals surface area (Å²) in [5.74, 6) is 0.986. The average Bonchev–Trinajstić information content (AvgIpc) is 2.95. The van der Waals surface area contributed by atoms with Gasteiger partial charge in [0.25, 0.3) is 0 Å². The molecular formula is C17H28N2O3. The Kier molecular flexibility index (Phi) is 5.89. The van der Waals surface area contributed by atoms with Crippen LogP contribution in [-0.2, 0) is 11.2 Å². The molecule has 1 aromatic heterocycles. The molecule has 1 saturated heterocycles. The fourth-order valence-electron chi connectivity index (χ4n) is 2.71. The van der Waals surface area contributed by atoms with Crippen LogP contribution in [0, 0.1) is 0 Å². The van der Waals surface area contributed by atoms with E-state index in [4.69, 9.17) is 9.15 Å². The molecule has 1 aliphatic rings. The molecule has 5 heteroatoms. The third-order valence-corrected chi connectivity index (χ3v) is 3.76. The van der Waals surface area contributed by atoms with Crippen LogP contribution >= 0.6 is 0 Å². The number of carbonyl (C=O) groups is 1. The Labute approximate surface area is 133 Å². The van der Waals surface area contributed by atoms with Crippen LogP contribution in [0.15, 0.2) is 22.8 Å². The highest BCUT2D eigenvalue weighted by Gasteiger charge is 2.30. The summed E-state index contributed by atoms with van der Waals surface area (Å²) in [5.41, 5.74) is -0.439. The fourth-order valence-corrected chi connectivity index (χ4v) is 2.71. The van der Waals surface area contributed by atoms with Crippen molar-refractivity contribution in [2.75, 3.05) is 19.6 Å². The molecule has 1 amide bonds. The Morgan fingerprint density at radius 3 is 2.95 bits per heavy atom. The van der Waals surface area contributed by atoms with Gasteiger partial charge in [0.05, 0.1) is 6.26 Å². The van der Waals surface area contributed by atoms with Crippen LogP contribution in [0.2, 0.25) is 0 Å².